The zero-order chi connectivity index (χ0) is 11.0. The van der Waals surface area contributed by atoms with Crippen LogP contribution < -0.4 is 10.6 Å². The van der Waals surface area contributed by atoms with Crippen molar-refractivity contribution < 1.29 is 4.92 Å². The molecule has 2 rings (SSSR count). The van der Waals surface area contributed by atoms with Gasteiger partial charge in [0.05, 0.1) is 0 Å². The lowest BCUT2D eigenvalue weighted by Gasteiger charge is -2.16. The van der Waals surface area contributed by atoms with E-state index in [1.54, 1.807) is 11.6 Å². The van der Waals surface area contributed by atoms with Crippen LogP contribution in [0.5, 0.6) is 0 Å². The lowest BCUT2D eigenvalue weighted by Crippen LogP contribution is -2.27. The maximum atomic E-state index is 10.7. The van der Waals surface area contributed by atoms with E-state index in [9.17, 15) is 10.1 Å². The molecule has 1 aliphatic heterocycles. The number of aryl methyl sites for hydroxylation is 1. The van der Waals surface area contributed by atoms with E-state index in [0.29, 0.717) is 12.4 Å². The molecule has 82 valence electrons. The second kappa shape index (κ2) is 3.50. The molecule has 0 radical (unpaired) electrons. The van der Waals surface area contributed by atoms with E-state index in [0.717, 1.165) is 13.0 Å². The largest absolute Gasteiger partial charge is 0.406 e. The van der Waals surface area contributed by atoms with E-state index in [4.69, 9.17) is 5.73 Å². The fourth-order valence-electron chi connectivity index (χ4n) is 1.88. The number of anilines is 1. The van der Waals surface area contributed by atoms with Gasteiger partial charge in [0.25, 0.3) is 0 Å². The first-order chi connectivity index (χ1) is 7.09. The van der Waals surface area contributed by atoms with Gasteiger partial charge < -0.3 is 20.7 Å². The third-order valence-electron chi connectivity index (χ3n) is 2.58. The van der Waals surface area contributed by atoms with Gasteiger partial charge in [-0.05, 0) is 16.3 Å². The van der Waals surface area contributed by atoms with Gasteiger partial charge in [0.15, 0.2) is 0 Å². The number of rotatable bonds is 2. The van der Waals surface area contributed by atoms with Crippen LogP contribution >= 0.6 is 0 Å². The Morgan fingerprint density at radius 3 is 3.00 bits per heavy atom. The van der Waals surface area contributed by atoms with Gasteiger partial charge in [0.1, 0.15) is 0 Å². The Morgan fingerprint density at radius 1 is 1.73 bits per heavy atom. The first-order valence-electron chi connectivity index (χ1n) is 4.76. The van der Waals surface area contributed by atoms with Gasteiger partial charge in [-0.3, -0.25) is 4.57 Å². The van der Waals surface area contributed by atoms with Crippen LogP contribution in [0.1, 0.15) is 6.42 Å². The van der Waals surface area contributed by atoms with Crippen molar-refractivity contribution in [2.45, 2.75) is 12.5 Å². The van der Waals surface area contributed by atoms with Crippen molar-refractivity contribution in [3.63, 3.8) is 0 Å². The monoisotopic (exact) mass is 211 g/mol. The summed E-state index contributed by atoms with van der Waals surface area (Å²) in [7, 11) is 1.75. The van der Waals surface area contributed by atoms with Crippen LogP contribution in [0.25, 0.3) is 0 Å². The molecule has 2 N–H and O–H groups in total. The summed E-state index contributed by atoms with van der Waals surface area (Å²) in [5.74, 6) is 0.458. The fraction of sp³-hybridized carbons (Fsp3) is 0.625. The average molecular weight is 211 g/mol. The number of nitrogens with two attached hydrogens (primary N) is 1. The Balaban J connectivity index is 2.34. The molecular weight excluding hydrogens is 198 g/mol. The molecule has 1 atom stereocenters. The molecule has 0 bridgehead atoms. The van der Waals surface area contributed by atoms with Crippen molar-refractivity contribution in [1.82, 2.24) is 9.55 Å². The van der Waals surface area contributed by atoms with E-state index < -0.39 is 4.92 Å². The molecule has 0 spiro atoms. The van der Waals surface area contributed by atoms with Crippen molar-refractivity contribution in [1.29, 1.82) is 0 Å². The van der Waals surface area contributed by atoms with Gasteiger partial charge >= 0.3 is 5.82 Å². The Bertz CT molecular complexity index is 388. The highest BCUT2D eigenvalue weighted by Crippen LogP contribution is 2.28. The van der Waals surface area contributed by atoms with Crippen LogP contribution in [0.4, 0.5) is 11.6 Å². The van der Waals surface area contributed by atoms with Gasteiger partial charge in [0, 0.05) is 26.2 Å². The molecule has 0 saturated carbocycles. The van der Waals surface area contributed by atoms with Crippen LogP contribution in [0.15, 0.2) is 6.33 Å². The van der Waals surface area contributed by atoms with Crippen LogP contribution in [0, 0.1) is 10.1 Å². The minimum absolute atomic E-state index is 0.0911. The Kier molecular flexibility index (Phi) is 2.31. The van der Waals surface area contributed by atoms with E-state index in [1.165, 1.54) is 6.33 Å². The fourth-order valence-corrected chi connectivity index (χ4v) is 1.88. The van der Waals surface area contributed by atoms with Crippen molar-refractivity contribution >= 4 is 11.6 Å². The molecule has 1 aromatic rings. The molecule has 15 heavy (non-hydrogen) atoms. The van der Waals surface area contributed by atoms with Crippen molar-refractivity contribution in [3.05, 3.63) is 16.4 Å². The van der Waals surface area contributed by atoms with E-state index in [-0.39, 0.29) is 11.9 Å². The van der Waals surface area contributed by atoms with Gasteiger partial charge in [-0.1, -0.05) is 0 Å². The highest BCUT2D eigenvalue weighted by atomic mass is 16.6. The highest BCUT2D eigenvalue weighted by Gasteiger charge is 2.29. The third-order valence-corrected chi connectivity index (χ3v) is 2.58. The van der Waals surface area contributed by atoms with E-state index >= 15 is 0 Å². The van der Waals surface area contributed by atoms with Gasteiger partial charge in [-0.25, -0.2) is 0 Å². The molecule has 1 saturated heterocycles. The summed E-state index contributed by atoms with van der Waals surface area (Å²) in [4.78, 5) is 16.0. The molecule has 1 fully saturated rings. The Hall–Kier alpha value is -1.63. The van der Waals surface area contributed by atoms with Gasteiger partial charge in [-0.15, -0.1) is 0 Å². The number of nitro groups is 1. The maximum Gasteiger partial charge on any atom is 0.406 e. The summed E-state index contributed by atoms with van der Waals surface area (Å²) in [5, 5.41) is 10.7. The Labute approximate surface area is 86.6 Å². The van der Waals surface area contributed by atoms with Crippen LogP contribution in [-0.2, 0) is 7.05 Å². The summed E-state index contributed by atoms with van der Waals surface area (Å²) in [6, 6.07) is 0.0968. The molecular formula is C8H13N5O2. The standard InChI is InChI=1S/C8H13N5O2/c1-11-5-10-7(13(14)15)8(11)12-3-2-6(9)4-12/h5-6H,2-4,9H2,1H3. The molecule has 0 aliphatic carbocycles. The van der Waals surface area contributed by atoms with E-state index in [2.05, 4.69) is 4.98 Å². The SMILES string of the molecule is Cn1cnc([N+](=O)[O-])c1N1CCC(N)C1. The number of hydrogen-bond donors (Lipinski definition) is 1. The summed E-state index contributed by atoms with van der Waals surface area (Å²) >= 11 is 0. The van der Waals surface area contributed by atoms with Crippen LogP contribution in [0.3, 0.4) is 0 Å². The molecule has 1 aromatic heterocycles. The molecule has 7 heteroatoms. The zero-order valence-corrected chi connectivity index (χ0v) is 8.46. The first kappa shape index (κ1) is 9.91. The minimum atomic E-state index is -0.459. The summed E-state index contributed by atoms with van der Waals surface area (Å²) in [6.45, 7) is 1.40. The maximum absolute atomic E-state index is 10.7. The molecule has 0 amide bonds. The van der Waals surface area contributed by atoms with Crippen LogP contribution in [-0.4, -0.2) is 33.6 Å². The molecule has 1 unspecified atom stereocenters. The minimum Gasteiger partial charge on any atom is -0.358 e. The third kappa shape index (κ3) is 1.65. The highest BCUT2D eigenvalue weighted by molar-refractivity contribution is 5.55. The number of imidazole rings is 1. The van der Waals surface area contributed by atoms with Crippen molar-refractivity contribution in [2.75, 3.05) is 18.0 Å². The zero-order valence-electron chi connectivity index (χ0n) is 8.46. The summed E-state index contributed by atoms with van der Waals surface area (Å²) < 4.78 is 1.66. The topological polar surface area (TPSA) is 90.2 Å². The second-order valence-corrected chi connectivity index (χ2v) is 3.75. The molecule has 7 nitrogen and oxygen atoms in total. The average Bonchev–Trinajstić information content (AvgIpc) is 2.71. The predicted octanol–water partition coefficient (Wildman–Crippen LogP) is -0.134. The number of nitrogens with zero attached hydrogens (tertiary/aromatic N) is 4. The quantitative estimate of drug-likeness (QED) is 0.543. The molecule has 1 aliphatic rings. The number of aromatic nitrogens is 2. The number of hydrogen-bond acceptors (Lipinski definition) is 5. The Morgan fingerprint density at radius 2 is 2.47 bits per heavy atom. The van der Waals surface area contributed by atoms with Crippen molar-refractivity contribution in [3.8, 4) is 0 Å². The molecule has 0 aromatic carbocycles. The lowest BCUT2D eigenvalue weighted by molar-refractivity contribution is -0.388. The van der Waals surface area contributed by atoms with Gasteiger partial charge in [-0.2, -0.15) is 0 Å². The summed E-state index contributed by atoms with van der Waals surface area (Å²) in [6.07, 6.45) is 2.32. The van der Waals surface area contributed by atoms with Crippen LogP contribution in [0.2, 0.25) is 0 Å². The van der Waals surface area contributed by atoms with E-state index in [1.807, 2.05) is 4.90 Å². The van der Waals surface area contributed by atoms with Crippen molar-refractivity contribution in [2.24, 2.45) is 12.8 Å². The van der Waals surface area contributed by atoms with Gasteiger partial charge in [0.2, 0.25) is 12.1 Å². The lowest BCUT2D eigenvalue weighted by atomic mass is 10.3. The second-order valence-electron chi connectivity index (χ2n) is 3.75. The molecule has 2 heterocycles. The first-order valence-corrected chi connectivity index (χ1v) is 4.76. The smallest absolute Gasteiger partial charge is 0.358 e. The normalized spacial score (nSPS) is 20.9. The predicted molar refractivity (Wildman–Crippen MR) is 54.7 cm³/mol. The summed E-state index contributed by atoms with van der Waals surface area (Å²) in [5.41, 5.74) is 5.77.